The largest absolute Gasteiger partial charge is 0.0689 e. The Morgan fingerprint density at radius 1 is 0.524 bits per heavy atom. The monoisotopic (exact) mass is 304 g/mol. The lowest BCUT2D eigenvalue weighted by Crippen LogP contribution is -2.43. The van der Waals surface area contributed by atoms with Gasteiger partial charge in [-0.25, -0.2) is 0 Å². The first kappa shape index (κ1) is 14.8. The van der Waals surface area contributed by atoms with Gasteiger partial charge >= 0.3 is 0 Å². The van der Waals surface area contributed by atoms with Crippen LogP contribution in [0.1, 0.15) is 77.0 Å². The maximum atomic E-state index is 2.83. The van der Waals surface area contributed by atoms with Gasteiger partial charge in [0.15, 0.2) is 0 Å². The van der Waals surface area contributed by atoms with Crippen molar-refractivity contribution < 1.29 is 0 Å². The van der Waals surface area contributed by atoms with Crippen LogP contribution in [0, 0.1) is 23.7 Å². The van der Waals surface area contributed by atoms with E-state index >= 15 is 0 Å². The van der Waals surface area contributed by atoms with Crippen molar-refractivity contribution in [2.75, 3.05) is 0 Å². The number of rotatable bonds is 2. The zero-order chi connectivity index (χ0) is 14.4. The summed E-state index contributed by atoms with van der Waals surface area (Å²) >= 11 is 0. The van der Waals surface area contributed by atoms with Crippen LogP contribution in [0.5, 0.6) is 0 Å². The zero-order valence-corrected chi connectivity index (χ0v) is 15.4. The third-order valence-corrected chi connectivity index (χ3v) is 13.8. The van der Waals surface area contributed by atoms with E-state index < -0.39 is 8.07 Å². The van der Waals surface area contributed by atoms with Gasteiger partial charge in [0.25, 0.3) is 0 Å². The lowest BCUT2D eigenvalue weighted by atomic mass is 9.81. The molecule has 0 nitrogen and oxygen atoms in total. The van der Waals surface area contributed by atoms with Crippen LogP contribution >= 0.6 is 0 Å². The Balaban J connectivity index is 1.52. The van der Waals surface area contributed by atoms with Gasteiger partial charge in [0.05, 0.1) is 8.07 Å². The van der Waals surface area contributed by atoms with Gasteiger partial charge < -0.3 is 0 Å². The molecule has 1 heteroatoms. The summed E-state index contributed by atoms with van der Waals surface area (Å²) in [6, 6.07) is 0. The molecule has 0 aliphatic heterocycles. The summed E-state index contributed by atoms with van der Waals surface area (Å²) in [7, 11) is -1.05. The molecule has 0 aromatic heterocycles. The van der Waals surface area contributed by atoms with Crippen molar-refractivity contribution in [3.8, 4) is 0 Å². The van der Waals surface area contributed by atoms with E-state index in [1.54, 1.807) is 77.0 Å². The molecular formula is C20H36Si. The van der Waals surface area contributed by atoms with Gasteiger partial charge in [-0.3, -0.25) is 0 Å². The van der Waals surface area contributed by atoms with Crippen molar-refractivity contribution in [1.82, 2.24) is 0 Å². The van der Waals surface area contributed by atoms with E-state index in [4.69, 9.17) is 0 Å². The van der Waals surface area contributed by atoms with Crippen molar-refractivity contribution in [2.24, 2.45) is 23.7 Å². The normalized spacial score (nSPS) is 47.1. The van der Waals surface area contributed by atoms with E-state index in [0.717, 1.165) is 11.8 Å². The highest BCUT2D eigenvalue weighted by atomic mass is 28.3. The summed E-state index contributed by atoms with van der Waals surface area (Å²) < 4.78 is 0. The second kappa shape index (κ2) is 5.69. The van der Waals surface area contributed by atoms with Crippen LogP contribution < -0.4 is 0 Å². The number of fused-ring (bicyclic) bond motifs is 2. The SMILES string of the molecule is C[Si](C)(C1CCC2CCCCC21)C1CC[C@H]2CCCCC12. The van der Waals surface area contributed by atoms with Gasteiger partial charge in [0.2, 0.25) is 0 Å². The molecule has 4 saturated carbocycles. The van der Waals surface area contributed by atoms with Crippen LogP contribution in [0.25, 0.3) is 0 Å². The van der Waals surface area contributed by atoms with E-state index in [2.05, 4.69) is 13.1 Å². The Bertz CT molecular complexity index is 340. The van der Waals surface area contributed by atoms with Crippen LogP contribution in [0.4, 0.5) is 0 Å². The van der Waals surface area contributed by atoms with Crippen LogP contribution in [0.15, 0.2) is 0 Å². The van der Waals surface area contributed by atoms with Crippen LogP contribution in [0.3, 0.4) is 0 Å². The van der Waals surface area contributed by atoms with E-state index in [0.29, 0.717) is 0 Å². The minimum absolute atomic E-state index is 1.05. The molecular weight excluding hydrogens is 268 g/mol. The Hall–Kier alpha value is 0.217. The molecule has 0 N–H and O–H groups in total. The summed E-state index contributed by atoms with van der Waals surface area (Å²) in [6.07, 6.45) is 19.0. The third kappa shape index (κ3) is 2.46. The summed E-state index contributed by atoms with van der Waals surface area (Å²) in [5.41, 5.74) is 2.40. The van der Waals surface area contributed by atoms with Crippen molar-refractivity contribution in [2.45, 2.75) is 101 Å². The maximum Gasteiger partial charge on any atom is 0.0541 e. The maximum absolute atomic E-state index is 2.83. The fourth-order valence-electron chi connectivity index (χ4n) is 7.59. The van der Waals surface area contributed by atoms with Gasteiger partial charge in [-0.2, -0.15) is 0 Å². The van der Waals surface area contributed by atoms with Gasteiger partial charge in [0.1, 0.15) is 0 Å². The van der Waals surface area contributed by atoms with Gasteiger partial charge in [0, 0.05) is 0 Å². The van der Waals surface area contributed by atoms with E-state index in [1.807, 2.05) is 0 Å². The van der Waals surface area contributed by atoms with Gasteiger partial charge in [-0.05, 0) is 34.8 Å². The zero-order valence-electron chi connectivity index (χ0n) is 14.4. The highest BCUT2D eigenvalue weighted by Gasteiger charge is 2.53. The van der Waals surface area contributed by atoms with Crippen molar-refractivity contribution in [1.29, 1.82) is 0 Å². The van der Waals surface area contributed by atoms with E-state index in [-0.39, 0.29) is 0 Å². The molecule has 0 aromatic rings. The summed E-state index contributed by atoms with van der Waals surface area (Å²) in [5, 5.41) is 0. The minimum atomic E-state index is -1.05. The summed E-state index contributed by atoms with van der Waals surface area (Å²) in [4.78, 5) is 0. The lowest BCUT2D eigenvalue weighted by molar-refractivity contribution is 0.263. The van der Waals surface area contributed by atoms with Gasteiger partial charge in [-0.15, -0.1) is 0 Å². The summed E-state index contributed by atoms with van der Waals surface area (Å²) in [6.45, 7) is 5.66. The molecule has 0 radical (unpaired) electrons. The lowest BCUT2D eigenvalue weighted by Gasteiger charge is -2.45. The average Bonchev–Trinajstić information content (AvgIpc) is 3.12. The highest BCUT2D eigenvalue weighted by Crippen LogP contribution is 2.61. The molecule has 0 amide bonds. The average molecular weight is 305 g/mol. The Morgan fingerprint density at radius 2 is 0.952 bits per heavy atom. The highest BCUT2D eigenvalue weighted by molar-refractivity contribution is 6.80. The van der Waals surface area contributed by atoms with E-state index in [9.17, 15) is 0 Å². The molecule has 4 rings (SSSR count). The predicted octanol–water partition coefficient (Wildman–Crippen LogP) is 6.64. The first-order valence-electron chi connectivity index (χ1n) is 10.2. The smallest absolute Gasteiger partial charge is 0.0541 e. The van der Waals surface area contributed by atoms with E-state index in [1.165, 1.54) is 22.9 Å². The minimum Gasteiger partial charge on any atom is -0.0689 e. The molecule has 4 aliphatic carbocycles. The first-order valence-corrected chi connectivity index (χ1v) is 13.3. The molecule has 0 aromatic carbocycles. The standard InChI is InChI=1S/C20H36Si/c1-21(2,19-13-11-15-7-3-5-9-17(15)19)20-14-12-16-8-4-6-10-18(16)20/h15-20H,3-14H2,1-2H3/t15-,16?,17?,18?,19?,20?/m1/s1. The Morgan fingerprint density at radius 3 is 1.43 bits per heavy atom. The van der Waals surface area contributed by atoms with Crippen LogP contribution in [-0.4, -0.2) is 8.07 Å². The molecule has 0 spiro atoms. The molecule has 120 valence electrons. The number of hydrogen-bond acceptors (Lipinski definition) is 0. The quantitative estimate of drug-likeness (QED) is 0.502. The van der Waals surface area contributed by atoms with Crippen molar-refractivity contribution in [3.05, 3.63) is 0 Å². The van der Waals surface area contributed by atoms with Crippen LogP contribution in [0.2, 0.25) is 24.2 Å². The Labute approximate surface area is 133 Å². The van der Waals surface area contributed by atoms with Crippen LogP contribution in [-0.2, 0) is 0 Å². The fourth-order valence-corrected chi connectivity index (χ4v) is 13.0. The van der Waals surface area contributed by atoms with Gasteiger partial charge in [-0.1, -0.05) is 90.1 Å². The molecule has 4 fully saturated rings. The molecule has 0 saturated heterocycles. The number of hydrogen-bond donors (Lipinski definition) is 0. The predicted molar refractivity (Wildman–Crippen MR) is 94.3 cm³/mol. The first-order chi connectivity index (χ1) is 10.2. The Kier molecular flexibility index (Phi) is 4.01. The fraction of sp³-hybridized carbons (Fsp3) is 1.00. The topological polar surface area (TPSA) is 0 Å². The second-order valence-electron chi connectivity index (χ2n) is 9.61. The molecule has 4 aliphatic rings. The van der Waals surface area contributed by atoms with Crippen molar-refractivity contribution in [3.63, 3.8) is 0 Å². The molecule has 0 bridgehead atoms. The molecule has 6 atom stereocenters. The molecule has 5 unspecified atom stereocenters. The van der Waals surface area contributed by atoms with Crippen molar-refractivity contribution >= 4 is 8.07 Å². The second-order valence-corrected chi connectivity index (χ2v) is 14.7. The molecule has 21 heavy (non-hydrogen) atoms. The molecule has 0 heterocycles. The third-order valence-electron chi connectivity index (χ3n) is 8.58. The summed E-state index contributed by atoms with van der Waals surface area (Å²) in [5.74, 6) is 4.64.